The second kappa shape index (κ2) is 9.09. The monoisotopic (exact) mass is 462 g/mol. The quantitative estimate of drug-likeness (QED) is 0.549. The van der Waals surface area contributed by atoms with Gasteiger partial charge in [-0.3, -0.25) is 9.59 Å². The van der Waals surface area contributed by atoms with Gasteiger partial charge in [-0.1, -0.05) is 12.1 Å². The lowest BCUT2D eigenvalue weighted by Gasteiger charge is -2.29. The lowest BCUT2D eigenvalue weighted by atomic mass is 9.82. The Kier molecular flexibility index (Phi) is 6.20. The van der Waals surface area contributed by atoms with Gasteiger partial charge in [-0.15, -0.1) is 0 Å². The fourth-order valence-electron chi connectivity index (χ4n) is 4.58. The number of phenols is 1. The predicted octanol–water partition coefficient (Wildman–Crippen LogP) is 4.71. The molecule has 3 aromatic carbocycles. The zero-order valence-corrected chi connectivity index (χ0v) is 19.7. The van der Waals surface area contributed by atoms with Crippen molar-refractivity contribution in [1.29, 1.82) is 0 Å². The molecule has 7 nitrogen and oxygen atoms in total. The molecule has 7 heteroatoms. The molecular formula is C27H26O7. The SMILES string of the molecule is COc1ccc([C@H]2c3cc(OC)cc(O)c3C(=O)c3cc(C)cc(OC)c3[C@@H]2OC(C)=O)cc1. The average molecular weight is 462 g/mol. The van der Waals surface area contributed by atoms with Gasteiger partial charge in [-0.05, 0) is 53.9 Å². The lowest BCUT2D eigenvalue weighted by Crippen LogP contribution is -2.19. The molecule has 34 heavy (non-hydrogen) atoms. The minimum atomic E-state index is -0.909. The van der Waals surface area contributed by atoms with Gasteiger partial charge in [-0.2, -0.15) is 0 Å². The van der Waals surface area contributed by atoms with Gasteiger partial charge in [0, 0.05) is 24.1 Å². The molecule has 0 amide bonds. The first-order valence-corrected chi connectivity index (χ1v) is 10.7. The van der Waals surface area contributed by atoms with E-state index in [0.717, 1.165) is 11.1 Å². The third-order valence-corrected chi connectivity index (χ3v) is 6.03. The summed E-state index contributed by atoms with van der Waals surface area (Å²) in [4.78, 5) is 26.2. The van der Waals surface area contributed by atoms with Crippen LogP contribution in [0.4, 0.5) is 0 Å². The van der Waals surface area contributed by atoms with E-state index in [4.69, 9.17) is 18.9 Å². The number of esters is 1. The fraction of sp³-hybridized carbons (Fsp3) is 0.259. The summed E-state index contributed by atoms with van der Waals surface area (Å²) in [6, 6.07) is 13.9. The number of hydrogen-bond donors (Lipinski definition) is 1. The number of rotatable bonds is 5. The molecule has 0 aromatic heterocycles. The summed E-state index contributed by atoms with van der Waals surface area (Å²) < 4.78 is 22.2. The van der Waals surface area contributed by atoms with Crippen molar-refractivity contribution < 1.29 is 33.6 Å². The van der Waals surface area contributed by atoms with E-state index in [0.29, 0.717) is 33.9 Å². The number of ketones is 1. The average Bonchev–Trinajstić information content (AvgIpc) is 2.91. The number of aromatic hydroxyl groups is 1. The first-order valence-electron chi connectivity index (χ1n) is 10.7. The molecule has 3 aromatic rings. The third-order valence-electron chi connectivity index (χ3n) is 6.03. The molecule has 0 unspecified atom stereocenters. The molecule has 176 valence electrons. The Morgan fingerprint density at radius 1 is 0.912 bits per heavy atom. The van der Waals surface area contributed by atoms with E-state index >= 15 is 0 Å². The van der Waals surface area contributed by atoms with Gasteiger partial charge in [0.15, 0.2) is 5.78 Å². The Balaban J connectivity index is 2.13. The number of carbonyl (C=O) groups excluding carboxylic acids is 2. The molecule has 0 fully saturated rings. The molecule has 0 radical (unpaired) electrons. The highest BCUT2D eigenvalue weighted by Crippen LogP contribution is 2.51. The highest BCUT2D eigenvalue weighted by molar-refractivity contribution is 6.14. The van der Waals surface area contributed by atoms with Gasteiger partial charge in [-0.25, -0.2) is 0 Å². The van der Waals surface area contributed by atoms with Crippen LogP contribution in [-0.4, -0.2) is 38.2 Å². The van der Waals surface area contributed by atoms with E-state index in [1.165, 1.54) is 27.2 Å². The maximum absolute atomic E-state index is 13.9. The van der Waals surface area contributed by atoms with Crippen LogP contribution in [-0.2, 0) is 9.53 Å². The molecule has 1 aliphatic carbocycles. The molecular weight excluding hydrogens is 436 g/mol. The summed E-state index contributed by atoms with van der Waals surface area (Å²) in [5.74, 6) is -0.314. The van der Waals surface area contributed by atoms with Crippen molar-refractivity contribution in [3.05, 3.63) is 81.9 Å². The zero-order valence-electron chi connectivity index (χ0n) is 19.7. The summed E-state index contributed by atoms with van der Waals surface area (Å²) in [5, 5.41) is 10.9. The number of hydrogen-bond acceptors (Lipinski definition) is 7. The maximum Gasteiger partial charge on any atom is 0.303 e. The van der Waals surface area contributed by atoms with Crippen molar-refractivity contribution in [2.24, 2.45) is 0 Å². The molecule has 0 saturated heterocycles. The Labute approximate surface area is 197 Å². The molecule has 2 atom stereocenters. The van der Waals surface area contributed by atoms with Crippen LogP contribution in [0, 0.1) is 6.92 Å². The molecule has 0 spiro atoms. The molecule has 0 saturated carbocycles. The molecule has 4 rings (SSSR count). The normalized spacial score (nSPS) is 16.7. The second-order valence-electron chi connectivity index (χ2n) is 8.15. The largest absolute Gasteiger partial charge is 0.507 e. The van der Waals surface area contributed by atoms with Crippen LogP contribution in [0.1, 0.15) is 57.1 Å². The van der Waals surface area contributed by atoms with E-state index < -0.39 is 18.0 Å². The summed E-state index contributed by atoms with van der Waals surface area (Å²) >= 11 is 0. The van der Waals surface area contributed by atoms with Crippen LogP contribution in [0.3, 0.4) is 0 Å². The van der Waals surface area contributed by atoms with Gasteiger partial charge in [0.25, 0.3) is 0 Å². The van der Waals surface area contributed by atoms with E-state index in [2.05, 4.69) is 0 Å². The fourth-order valence-corrected chi connectivity index (χ4v) is 4.58. The van der Waals surface area contributed by atoms with Crippen LogP contribution in [0.5, 0.6) is 23.0 Å². The topological polar surface area (TPSA) is 91.3 Å². The van der Waals surface area contributed by atoms with Crippen molar-refractivity contribution in [3.8, 4) is 23.0 Å². The maximum atomic E-state index is 13.9. The van der Waals surface area contributed by atoms with Gasteiger partial charge < -0.3 is 24.1 Å². The van der Waals surface area contributed by atoms with E-state index in [9.17, 15) is 14.7 Å². The van der Waals surface area contributed by atoms with E-state index in [1.54, 1.807) is 37.4 Å². The minimum absolute atomic E-state index is 0.130. The molecule has 0 heterocycles. The van der Waals surface area contributed by atoms with Crippen LogP contribution in [0.25, 0.3) is 0 Å². The number of carbonyl (C=O) groups is 2. The minimum Gasteiger partial charge on any atom is -0.507 e. The third kappa shape index (κ3) is 3.94. The van der Waals surface area contributed by atoms with Crippen molar-refractivity contribution in [2.45, 2.75) is 25.9 Å². The number of fused-ring (bicyclic) bond motifs is 2. The van der Waals surface area contributed by atoms with E-state index in [-0.39, 0.29) is 17.1 Å². The number of methoxy groups -OCH3 is 3. The summed E-state index contributed by atoms with van der Waals surface area (Å²) in [7, 11) is 4.56. The van der Waals surface area contributed by atoms with Crippen molar-refractivity contribution >= 4 is 11.8 Å². The highest BCUT2D eigenvalue weighted by Gasteiger charge is 2.41. The highest BCUT2D eigenvalue weighted by atomic mass is 16.5. The molecule has 0 bridgehead atoms. The Morgan fingerprint density at radius 2 is 1.59 bits per heavy atom. The van der Waals surface area contributed by atoms with Gasteiger partial charge in [0.2, 0.25) is 0 Å². The summed E-state index contributed by atoms with van der Waals surface area (Å²) in [6.07, 6.45) is -0.909. The Bertz CT molecular complexity index is 1260. The van der Waals surface area contributed by atoms with Crippen LogP contribution < -0.4 is 14.2 Å². The van der Waals surface area contributed by atoms with Crippen LogP contribution >= 0.6 is 0 Å². The van der Waals surface area contributed by atoms with Crippen molar-refractivity contribution in [1.82, 2.24) is 0 Å². The lowest BCUT2D eigenvalue weighted by molar-refractivity contribution is -0.147. The first kappa shape index (κ1) is 23.2. The van der Waals surface area contributed by atoms with Crippen LogP contribution in [0.15, 0.2) is 48.5 Å². The Hall–Kier alpha value is -4.00. The standard InChI is InChI=1S/C27H26O7/c1-14-10-20-25(22(11-14)33-5)27(34-15(2)28)23(16-6-8-17(31-3)9-7-16)19-12-18(32-4)13-21(29)24(19)26(20)30/h6-13,23,27,29H,1-5H3/t23-,27+/m0/s1. The number of benzene rings is 3. The van der Waals surface area contributed by atoms with Crippen molar-refractivity contribution in [3.63, 3.8) is 0 Å². The summed E-state index contributed by atoms with van der Waals surface area (Å²) in [5.41, 5.74) is 2.91. The number of phenolic OH excluding ortho intramolecular Hbond substituents is 1. The summed E-state index contributed by atoms with van der Waals surface area (Å²) in [6.45, 7) is 3.17. The second-order valence-corrected chi connectivity index (χ2v) is 8.15. The van der Waals surface area contributed by atoms with Gasteiger partial charge in [0.05, 0.1) is 32.8 Å². The molecule has 1 aliphatic rings. The number of aryl methyl sites for hydroxylation is 1. The molecule has 0 aliphatic heterocycles. The first-order chi connectivity index (χ1) is 16.3. The zero-order chi connectivity index (χ0) is 24.6. The van der Waals surface area contributed by atoms with Crippen molar-refractivity contribution in [2.75, 3.05) is 21.3 Å². The number of ether oxygens (including phenoxy) is 4. The van der Waals surface area contributed by atoms with Gasteiger partial charge in [0.1, 0.15) is 29.1 Å². The molecule has 1 N–H and O–H groups in total. The predicted molar refractivity (Wildman–Crippen MR) is 125 cm³/mol. The van der Waals surface area contributed by atoms with E-state index in [1.807, 2.05) is 19.1 Å². The Morgan fingerprint density at radius 3 is 2.18 bits per heavy atom. The smallest absolute Gasteiger partial charge is 0.303 e. The van der Waals surface area contributed by atoms with Gasteiger partial charge >= 0.3 is 5.97 Å². The van der Waals surface area contributed by atoms with Crippen LogP contribution in [0.2, 0.25) is 0 Å².